The summed E-state index contributed by atoms with van der Waals surface area (Å²) in [7, 11) is 3.39. The van der Waals surface area contributed by atoms with E-state index in [0.717, 1.165) is 11.3 Å². The smallest absolute Gasteiger partial charge is 0.481 e. The molecule has 1 aromatic carbocycles. The van der Waals surface area contributed by atoms with Crippen LogP contribution in [0.1, 0.15) is 26.5 Å². The molecule has 0 aliphatic rings. The molecule has 30 heavy (non-hydrogen) atoms. The van der Waals surface area contributed by atoms with Crippen LogP contribution < -0.4 is 61.1 Å². The van der Waals surface area contributed by atoms with Gasteiger partial charge in [-0.15, -0.1) is 0 Å². The van der Waals surface area contributed by atoms with Gasteiger partial charge in [-0.2, -0.15) is 5.10 Å². The van der Waals surface area contributed by atoms with Crippen molar-refractivity contribution in [1.82, 2.24) is 24.7 Å². The maximum absolute atomic E-state index is 6.67. The molecule has 4 rings (SSSR count). The van der Waals surface area contributed by atoms with E-state index >= 15 is 0 Å². The van der Waals surface area contributed by atoms with Gasteiger partial charge in [-0.3, -0.25) is 4.68 Å². The van der Waals surface area contributed by atoms with Crippen LogP contribution in [0, 0.1) is 0 Å². The minimum absolute atomic E-state index is 0. The van der Waals surface area contributed by atoms with E-state index in [2.05, 4.69) is 35.8 Å². The van der Waals surface area contributed by atoms with Gasteiger partial charge in [0.1, 0.15) is 0 Å². The van der Waals surface area contributed by atoms with E-state index in [1.54, 1.807) is 11.8 Å². The molecule has 6 nitrogen and oxygen atoms in total. The van der Waals surface area contributed by atoms with Crippen molar-refractivity contribution in [2.45, 2.75) is 26.2 Å². The van der Waals surface area contributed by atoms with Crippen molar-refractivity contribution in [3.05, 3.63) is 46.1 Å². The maximum atomic E-state index is 6.67. The number of hydrogen-bond donors (Lipinski definition) is 0. The molecule has 0 spiro atoms. The molecule has 0 aliphatic carbocycles. The quantitative estimate of drug-likeness (QED) is 0.432. The van der Waals surface area contributed by atoms with Gasteiger partial charge in [-0.1, -0.05) is 62.2 Å². The largest absolute Gasteiger partial charge is 1.00 e. The third-order valence-electron chi connectivity index (χ3n) is 4.64. The van der Waals surface area contributed by atoms with Gasteiger partial charge >= 0.3 is 51.4 Å². The zero-order valence-corrected chi connectivity index (χ0v) is 22.4. The van der Waals surface area contributed by atoms with Crippen molar-refractivity contribution in [1.29, 1.82) is 0 Å². The first-order valence-electron chi connectivity index (χ1n) is 9.08. The Kier molecular flexibility index (Phi) is 7.04. The molecule has 4 aromatic rings. The molecule has 3 aromatic heterocycles. The Balaban J connectivity index is 0.00000256. The minimum Gasteiger partial charge on any atom is -0.481 e. The van der Waals surface area contributed by atoms with E-state index in [9.17, 15) is 0 Å². The molecule has 0 unspecified atom stereocenters. The van der Waals surface area contributed by atoms with Crippen LogP contribution in [0.2, 0.25) is 10.0 Å². The van der Waals surface area contributed by atoms with Crippen LogP contribution in [0.15, 0.2) is 30.3 Å². The Hall–Kier alpha value is -0.934. The summed E-state index contributed by atoms with van der Waals surface area (Å²) in [5.41, 5.74) is 3.94. The van der Waals surface area contributed by atoms with Crippen molar-refractivity contribution in [3.8, 4) is 28.7 Å². The third-order valence-corrected chi connectivity index (χ3v) is 5.33. The van der Waals surface area contributed by atoms with Gasteiger partial charge in [-0.05, 0) is 23.5 Å². The predicted molar refractivity (Wildman–Crippen MR) is 116 cm³/mol. The van der Waals surface area contributed by atoms with Crippen LogP contribution in [-0.4, -0.2) is 26.9 Å². The SMILES string of the molecule is COc1nc(-c2ccccc2Cl)cc2nc(-c3c(Cl)c(C(C)(C)C)nn3C)[n-]c12.[K+]. The fourth-order valence-electron chi connectivity index (χ4n) is 3.21. The molecule has 0 aliphatic heterocycles. The maximum Gasteiger partial charge on any atom is 1.00 e. The summed E-state index contributed by atoms with van der Waals surface area (Å²) in [5, 5.41) is 5.74. The first-order chi connectivity index (χ1) is 13.7. The van der Waals surface area contributed by atoms with E-state index in [1.807, 2.05) is 37.4 Å². The number of aromatic nitrogens is 5. The van der Waals surface area contributed by atoms with Gasteiger partial charge in [0.25, 0.3) is 0 Å². The summed E-state index contributed by atoms with van der Waals surface area (Å²) in [6, 6.07) is 9.36. The molecule has 0 N–H and O–H groups in total. The topological polar surface area (TPSA) is 66.9 Å². The monoisotopic (exact) mass is 467 g/mol. The average Bonchev–Trinajstić information content (AvgIpc) is 3.21. The molecule has 0 saturated heterocycles. The van der Waals surface area contributed by atoms with E-state index in [0.29, 0.717) is 44.2 Å². The van der Waals surface area contributed by atoms with Crippen molar-refractivity contribution >= 4 is 34.2 Å². The van der Waals surface area contributed by atoms with Crippen LogP contribution in [-0.2, 0) is 12.5 Å². The molecule has 0 fully saturated rings. The second kappa shape index (κ2) is 8.90. The molecule has 0 atom stereocenters. The molecule has 0 bridgehead atoms. The Bertz CT molecular complexity index is 1230. The number of aryl methyl sites for hydroxylation is 1. The summed E-state index contributed by atoms with van der Waals surface area (Å²) in [6.07, 6.45) is 0. The Morgan fingerprint density at radius 1 is 1.10 bits per heavy atom. The fourth-order valence-corrected chi connectivity index (χ4v) is 3.97. The number of imidazole rings is 1. The Morgan fingerprint density at radius 2 is 1.80 bits per heavy atom. The third kappa shape index (κ3) is 4.21. The number of methoxy groups -OCH3 is 1. The molecule has 0 amide bonds. The molecule has 0 saturated carbocycles. The van der Waals surface area contributed by atoms with Crippen molar-refractivity contribution in [2.75, 3.05) is 7.11 Å². The number of pyridine rings is 1. The van der Waals surface area contributed by atoms with Gasteiger partial charge < -0.3 is 14.7 Å². The summed E-state index contributed by atoms with van der Waals surface area (Å²) in [5.74, 6) is 0.859. The number of halogens is 2. The second-order valence-corrected chi connectivity index (χ2v) is 8.58. The van der Waals surface area contributed by atoms with Crippen LogP contribution in [0.4, 0.5) is 0 Å². The van der Waals surface area contributed by atoms with E-state index < -0.39 is 0 Å². The molecular formula is C21H20Cl2KN5O. The molecule has 150 valence electrons. The first kappa shape index (κ1) is 23.7. The van der Waals surface area contributed by atoms with Crippen LogP contribution in [0.25, 0.3) is 33.8 Å². The molecular weight excluding hydrogens is 448 g/mol. The first-order valence-corrected chi connectivity index (χ1v) is 9.84. The number of rotatable bonds is 3. The number of fused-ring (bicyclic) bond motifs is 1. The summed E-state index contributed by atoms with van der Waals surface area (Å²) < 4.78 is 7.20. The normalized spacial score (nSPS) is 11.6. The van der Waals surface area contributed by atoms with Gasteiger partial charge in [0.05, 0.1) is 29.2 Å². The average molecular weight is 468 g/mol. The van der Waals surface area contributed by atoms with E-state index in [4.69, 9.17) is 32.9 Å². The van der Waals surface area contributed by atoms with Crippen molar-refractivity contribution in [2.24, 2.45) is 7.05 Å². The number of ether oxygens (including phenoxy) is 1. The summed E-state index contributed by atoms with van der Waals surface area (Å²) in [4.78, 5) is 13.9. The number of benzene rings is 1. The van der Waals surface area contributed by atoms with Crippen LogP contribution >= 0.6 is 23.2 Å². The van der Waals surface area contributed by atoms with Gasteiger partial charge in [0.15, 0.2) is 0 Å². The van der Waals surface area contributed by atoms with Crippen molar-refractivity contribution in [3.63, 3.8) is 0 Å². The fraction of sp³-hybridized carbons (Fsp3) is 0.286. The molecule has 3 heterocycles. The van der Waals surface area contributed by atoms with Crippen LogP contribution in [0.5, 0.6) is 5.88 Å². The summed E-state index contributed by atoms with van der Waals surface area (Å²) >= 11 is 13.0. The molecule has 9 heteroatoms. The standard InChI is InChI=1S/C21H20Cl2N5O.K/c1-21(2,3)18-15(23)17(28(4)27-18)19-24-14-10-13(11-8-6-7-9-12(11)22)25-20(29-5)16(14)26-19;/h6-10H,1-5H3;/q-1;+1. The zero-order chi connectivity index (χ0) is 20.9. The second-order valence-electron chi connectivity index (χ2n) is 7.80. The van der Waals surface area contributed by atoms with E-state index in [1.165, 1.54) is 0 Å². The molecule has 0 radical (unpaired) electrons. The predicted octanol–water partition coefficient (Wildman–Crippen LogP) is 2.27. The summed E-state index contributed by atoms with van der Waals surface area (Å²) in [6.45, 7) is 6.20. The Labute approximate surface area is 227 Å². The number of hydrogen-bond acceptors (Lipinski definition) is 4. The van der Waals surface area contributed by atoms with Gasteiger partial charge in [0, 0.05) is 28.6 Å². The number of nitrogens with zero attached hydrogens (tertiary/aromatic N) is 5. The van der Waals surface area contributed by atoms with Gasteiger partial charge in [-0.25, -0.2) is 4.98 Å². The van der Waals surface area contributed by atoms with Crippen LogP contribution in [0.3, 0.4) is 0 Å². The Morgan fingerprint density at radius 3 is 2.40 bits per heavy atom. The zero-order valence-electron chi connectivity index (χ0n) is 17.8. The van der Waals surface area contributed by atoms with Gasteiger partial charge in [0.2, 0.25) is 5.88 Å². The van der Waals surface area contributed by atoms with E-state index in [-0.39, 0.29) is 56.8 Å². The minimum atomic E-state index is -0.199. The van der Waals surface area contributed by atoms with Crippen molar-refractivity contribution < 1.29 is 56.1 Å².